The highest BCUT2D eigenvalue weighted by molar-refractivity contribution is 7.00. The van der Waals surface area contributed by atoms with Gasteiger partial charge >= 0.3 is 8.56 Å². The summed E-state index contributed by atoms with van der Waals surface area (Å²) in [6.07, 6.45) is 0. The van der Waals surface area contributed by atoms with Gasteiger partial charge in [0, 0.05) is 8.07 Å². The molecule has 0 saturated carbocycles. The van der Waals surface area contributed by atoms with Crippen LogP contribution in [0.15, 0.2) is 60.7 Å². The maximum absolute atomic E-state index is 7.22. The lowest BCUT2D eigenvalue weighted by Crippen LogP contribution is -2.68. The molecule has 0 aromatic heterocycles. The summed E-state index contributed by atoms with van der Waals surface area (Å²) in [4.78, 5) is 0. The van der Waals surface area contributed by atoms with Crippen molar-refractivity contribution in [1.29, 1.82) is 0 Å². The molecule has 0 aliphatic heterocycles. The third-order valence-corrected chi connectivity index (χ3v) is 17.1. The summed E-state index contributed by atoms with van der Waals surface area (Å²) < 4.78 is 14.1. The second-order valence-corrected chi connectivity index (χ2v) is 25.3. The minimum Gasteiger partial charge on any atom is -0.433 e. The number of benzene rings is 2. The molecular weight excluding hydrogens is 397 g/mol. The van der Waals surface area contributed by atoms with Crippen molar-refractivity contribution in [2.75, 3.05) is 0 Å². The Morgan fingerprint density at radius 2 is 1.15 bits per heavy atom. The molecule has 2 aromatic rings. The topological polar surface area (TPSA) is 18.5 Å². The van der Waals surface area contributed by atoms with E-state index in [4.69, 9.17) is 8.23 Å². The summed E-state index contributed by atoms with van der Waals surface area (Å²) in [7, 11) is -7.00. The third kappa shape index (κ3) is 6.65. The number of hydrogen-bond acceptors (Lipinski definition) is 2. The van der Waals surface area contributed by atoms with Crippen LogP contribution in [0.5, 0.6) is 0 Å². The van der Waals surface area contributed by atoms with Gasteiger partial charge in [0.15, 0.2) is 17.4 Å². The first kappa shape index (κ1) is 22.5. The zero-order chi connectivity index (χ0) is 20.1. The van der Waals surface area contributed by atoms with Gasteiger partial charge in [-0.15, -0.1) is 0 Å². The molecule has 0 atom stereocenters. The van der Waals surface area contributed by atoms with E-state index in [1.54, 1.807) is 0 Å². The van der Waals surface area contributed by atoms with Crippen LogP contribution >= 0.6 is 0 Å². The highest BCUT2D eigenvalue weighted by Gasteiger charge is 2.47. The normalized spacial score (nSPS) is 13.2. The van der Waals surface area contributed by atoms with Gasteiger partial charge in [-0.2, -0.15) is 0 Å². The average molecular weight is 433 g/mol. The van der Waals surface area contributed by atoms with Crippen molar-refractivity contribution in [1.82, 2.24) is 0 Å². The van der Waals surface area contributed by atoms with E-state index >= 15 is 0 Å². The summed E-state index contributed by atoms with van der Waals surface area (Å²) in [6, 6.07) is 24.0. The first-order chi connectivity index (χ1) is 12.5. The van der Waals surface area contributed by atoms with Gasteiger partial charge in [0.05, 0.1) is 0 Å². The van der Waals surface area contributed by atoms with Crippen molar-refractivity contribution in [2.24, 2.45) is 0 Å². The van der Waals surface area contributed by atoms with E-state index in [1.165, 1.54) is 22.5 Å². The fraction of sp³-hybridized carbons (Fsp3) is 0.429. The maximum Gasteiger partial charge on any atom is 0.386 e. The minimum absolute atomic E-state index is 1.09. The van der Waals surface area contributed by atoms with Gasteiger partial charge in [0.25, 0.3) is 0 Å². The van der Waals surface area contributed by atoms with E-state index in [9.17, 15) is 0 Å². The molecule has 0 fully saturated rings. The molecule has 2 nitrogen and oxygen atoms in total. The molecular formula is C21H36O2Si4. The Kier molecular flexibility index (Phi) is 7.63. The van der Waals surface area contributed by atoms with Gasteiger partial charge in [-0.25, -0.2) is 0 Å². The van der Waals surface area contributed by atoms with Crippen LogP contribution in [0, 0.1) is 0 Å². The van der Waals surface area contributed by atoms with E-state index in [0.29, 0.717) is 0 Å². The summed E-state index contributed by atoms with van der Waals surface area (Å²) in [6.45, 7) is 16.6. The van der Waals surface area contributed by atoms with E-state index < -0.39 is 34.0 Å². The predicted octanol–water partition coefficient (Wildman–Crippen LogP) is 4.80. The fourth-order valence-electron chi connectivity index (χ4n) is 3.21. The maximum atomic E-state index is 7.22. The number of rotatable bonds is 9. The molecule has 148 valence electrons. The Bertz CT molecular complexity index is 658. The molecule has 27 heavy (non-hydrogen) atoms. The third-order valence-electron chi connectivity index (χ3n) is 4.61. The van der Waals surface area contributed by atoms with Gasteiger partial charge in [-0.05, 0) is 42.6 Å². The van der Waals surface area contributed by atoms with Crippen molar-refractivity contribution >= 4 is 44.4 Å². The lowest BCUT2D eigenvalue weighted by molar-refractivity contribution is 0.420. The van der Waals surface area contributed by atoms with Crippen LogP contribution in [-0.2, 0) is 8.23 Å². The molecule has 0 bridgehead atoms. The van der Waals surface area contributed by atoms with Crippen LogP contribution in [0.4, 0.5) is 0 Å². The molecule has 0 radical (unpaired) electrons. The van der Waals surface area contributed by atoms with Crippen molar-refractivity contribution in [2.45, 2.75) is 57.9 Å². The van der Waals surface area contributed by atoms with Crippen molar-refractivity contribution in [3.63, 3.8) is 0 Å². The highest BCUT2D eigenvalue weighted by atomic mass is 28.5. The van der Waals surface area contributed by atoms with E-state index in [0.717, 1.165) is 0 Å². The minimum atomic E-state index is -2.70. The van der Waals surface area contributed by atoms with Crippen molar-refractivity contribution in [3.05, 3.63) is 60.7 Å². The van der Waals surface area contributed by atoms with Gasteiger partial charge in [0.1, 0.15) is 0 Å². The van der Waals surface area contributed by atoms with E-state index in [2.05, 4.69) is 106 Å². The molecule has 0 N–H and O–H groups in total. The Hall–Kier alpha value is -0.772. The van der Waals surface area contributed by atoms with Crippen LogP contribution in [0.1, 0.15) is 0 Å². The lowest BCUT2D eigenvalue weighted by atomic mass is 10.4. The summed E-state index contributed by atoms with van der Waals surface area (Å²) in [5.41, 5.74) is 0. The smallest absolute Gasteiger partial charge is 0.386 e. The van der Waals surface area contributed by atoms with Crippen molar-refractivity contribution < 1.29 is 8.23 Å². The number of hydrogen-bond donors (Lipinski definition) is 0. The van der Waals surface area contributed by atoms with Gasteiger partial charge in [-0.1, -0.05) is 86.3 Å². The van der Waals surface area contributed by atoms with E-state index in [-0.39, 0.29) is 0 Å². The van der Waals surface area contributed by atoms with Gasteiger partial charge in [0.2, 0.25) is 0 Å². The monoisotopic (exact) mass is 432 g/mol. The average Bonchev–Trinajstić information content (AvgIpc) is 2.60. The molecule has 0 amide bonds. The quantitative estimate of drug-likeness (QED) is 0.530. The zero-order valence-corrected chi connectivity index (χ0v) is 22.2. The molecule has 2 rings (SSSR count). The molecule has 6 heteroatoms. The van der Waals surface area contributed by atoms with Gasteiger partial charge < -0.3 is 8.23 Å². The Morgan fingerprint density at radius 1 is 0.704 bits per heavy atom. The SMILES string of the molecule is C[SiH](C)O[Si](O[Si](C)(C)CC[Si](C)(C)C)(c1ccccc1)c1ccccc1. The lowest BCUT2D eigenvalue weighted by Gasteiger charge is -2.40. The summed E-state index contributed by atoms with van der Waals surface area (Å²) in [5.74, 6) is 0. The molecule has 0 unspecified atom stereocenters. The Balaban J connectivity index is 2.51. The molecule has 0 heterocycles. The Labute approximate surface area is 171 Å². The first-order valence-electron chi connectivity index (χ1n) is 10.0. The summed E-state index contributed by atoms with van der Waals surface area (Å²) >= 11 is 0. The first-order valence-corrected chi connectivity index (χ1v) is 21.5. The molecule has 0 spiro atoms. The van der Waals surface area contributed by atoms with Crippen LogP contribution in [0.2, 0.25) is 57.9 Å². The molecule has 0 aliphatic rings. The van der Waals surface area contributed by atoms with Crippen LogP contribution in [-0.4, -0.2) is 34.0 Å². The van der Waals surface area contributed by atoms with Crippen LogP contribution in [0.3, 0.4) is 0 Å². The predicted molar refractivity (Wildman–Crippen MR) is 129 cm³/mol. The van der Waals surface area contributed by atoms with Crippen LogP contribution in [0.25, 0.3) is 0 Å². The fourth-order valence-corrected chi connectivity index (χ4v) is 19.0. The second-order valence-electron chi connectivity index (χ2n) is 9.44. The van der Waals surface area contributed by atoms with Gasteiger partial charge in [-0.3, -0.25) is 0 Å². The Morgan fingerprint density at radius 3 is 1.52 bits per heavy atom. The standard InChI is InChI=1S/C21H36O2Si4/c1-24(2)22-27(20-14-10-8-11-15-20,21-16-12-9-13-17-21)23-26(6,7)19-18-25(3,4)5/h8-17,24H,18-19H2,1-7H3. The molecule has 0 aliphatic carbocycles. The zero-order valence-electron chi connectivity index (χ0n) is 18.1. The van der Waals surface area contributed by atoms with Crippen LogP contribution < -0.4 is 10.4 Å². The second kappa shape index (κ2) is 9.15. The summed E-state index contributed by atoms with van der Waals surface area (Å²) in [5, 5.41) is 2.48. The van der Waals surface area contributed by atoms with E-state index in [1.807, 2.05) is 0 Å². The molecule has 0 saturated heterocycles. The molecule has 2 aromatic carbocycles. The largest absolute Gasteiger partial charge is 0.433 e. The highest BCUT2D eigenvalue weighted by Crippen LogP contribution is 2.25. The van der Waals surface area contributed by atoms with Crippen molar-refractivity contribution in [3.8, 4) is 0 Å².